The summed E-state index contributed by atoms with van der Waals surface area (Å²) in [6.07, 6.45) is 5.78. The highest BCUT2D eigenvalue weighted by Gasteiger charge is 2.37. The summed E-state index contributed by atoms with van der Waals surface area (Å²) < 4.78 is 12.4. The number of fused-ring (bicyclic) bond motifs is 1. The molecule has 1 aromatic heterocycles. The second-order valence-corrected chi connectivity index (χ2v) is 13.5. The highest BCUT2D eigenvalue weighted by atomic mass is 28.4. The van der Waals surface area contributed by atoms with E-state index >= 15 is 0 Å². The van der Waals surface area contributed by atoms with Gasteiger partial charge in [-0.15, -0.1) is 0 Å². The van der Waals surface area contributed by atoms with Crippen LogP contribution in [0.2, 0.25) is 18.1 Å². The number of aromatic nitrogens is 1. The second kappa shape index (κ2) is 7.63. The molecule has 0 bridgehead atoms. The molecule has 0 unspecified atom stereocenters. The van der Waals surface area contributed by atoms with E-state index in [1.165, 1.54) is 22.3 Å². The molecule has 1 atom stereocenters. The number of benzene rings is 1. The van der Waals surface area contributed by atoms with Gasteiger partial charge < -0.3 is 9.16 Å². The summed E-state index contributed by atoms with van der Waals surface area (Å²) in [5, 5.41) is 0.247. The lowest BCUT2D eigenvalue weighted by Crippen LogP contribution is -2.41. The number of hydrogen-bond acceptors (Lipinski definition) is 3. The molecule has 2 heterocycles. The molecule has 0 N–H and O–H groups in total. The number of hydrogen-bond donors (Lipinski definition) is 0. The van der Waals surface area contributed by atoms with Crippen molar-refractivity contribution in [2.45, 2.75) is 57.8 Å². The molecule has 0 spiro atoms. The molecule has 2 aromatic rings. The number of nitrogens with zero attached hydrogens (tertiary/aromatic N) is 1. The predicted octanol–water partition coefficient (Wildman–Crippen LogP) is 5.77. The largest absolute Gasteiger partial charge is 0.417 e. The van der Waals surface area contributed by atoms with Crippen molar-refractivity contribution in [1.82, 2.24) is 4.98 Å². The lowest BCUT2D eigenvalue weighted by Gasteiger charge is -2.37. The van der Waals surface area contributed by atoms with E-state index in [9.17, 15) is 0 Å². The van der Waals surface area contributed by atoms with Gasteiger partial charge in [-0.2, -0.15) is 0 Å². The Morgan fingerprint density at radius 1 is 1.19 bits per heavy atom. The van der Waals surface area contributed by atoms with E-state index < -0.39 is 8.32 Å². The molecule has 3 rings (SSSR count). The van der Waals surface area contributed by atoms with Gasteiger partial charge in [-0.05, 0) is 59.3 Å². The molecule has 0 saturated heterocycles. The predicted molar refractivity (Wildman–Crippen MR) is 110 cm³/mol. The third-order valence-electron chi connectivity index (χ3n) is 5.82. The van der Waals surface area contributed by atoms with E-state index in [0.717, 1.165) is 26.1 Å². The van der Waals surface area contributed by atoms with Crippen LogP contribution in [0.4, 0.5) is 0 Å². The first-order valence-electron chi connectivity index (χ1n) is 9.57. The lowest BCUT2D eigenvalue weighted by molar-refractivity contribution is 0.0265. The van der Waals surface area contributed by atoms with Crippen LogP contribution < -0.4 is 0 Å². The minimum atomic E-state index is -1.70. The highest BCUT2D eigenvalue weighted by molar-refractivity contribution is 6.74. The third-order valence-corrected chi connectivity index (χ3v) is 10.4. The normalized spacial score (nSPS) is 17.8. The van der Waals surface area contributed by atoms with E-state index in [1.54, 1.807) is 0 Å². The van der Waals surface area contributed by atoms with Gasteiger partial charge in [0.2, 0.25) is 0 Å². The van der Waals surface area contributed by atoms with Crippen LogP contribution in [0.25, 0.3) is 11.1 Å². The standard InChI is InChI=1S/C22H31NO2Si/c1-22(2,3)26(4,5)25-14-11-21-20-9-8-17(15-18(20)10-13-24-21)19-7-6-12-23-16-19/h6-9,12,15-16,21H,10-11,13-14H2,1-5H3/t21-/m0/s1. The first-order chi connectivity index (χ1) is 12.3. The first kappa shape index (κ1) is 19.3. The maximum atomic E-state index is 6.36. The van der Waals surface area contributed by atoms with Crippen molar-refractivity contribution < 1.29 is 9.16 Å². The summed E-state index contributed by atoms with van der Waals surface area (Å²) in [5.41, 5.74) is 5.12. The summed E-state index contributed by atoms with van der Waals surface area (Å²) >= 11 is 0. The molecule has 0 fully saturated rings. The minimum Gasteiger partial charge on any atom is -0.417 e. The Kier molecular flexibility index (Phi) is 5.66. The molecular formula is C22H31NO2Si. The van der Waals surface area contributed by atoms with Crippen molar-refractivity contribution in [2.75, 3.05) is 13.2 Å². The van der Waals surface area contributed by atoms with Crippen LogP contribution in [0.5, 0.6) is 0 Å². The minimum absolute atomic E-state index is 0.145. The molecule has 1 aliphatic rings. The van der Waals surface area contributed by atoms with Crippen LogP contribution in [-0.4, -0.2) is 26.5 Å². The van der Waals surface area contributed by atoms with E-state index in [1.807, 2.05) is 18.5 Å². The van der Waals surface area contributed by atoms with Crippen LogP contribution in [0.15, 0.2) is 42.7 Å². The molecular weight excluding hydrogens is 338 g/mol. The third kappa shape index (κ3) is 4.25. The van der Waals surface area contributed by atoms with Gasteiger partial charge >= 0.3 is 0 Å². The van der Waals surface area contributed by atoms with Crippen LogP contribution in [-0.2, 0) is 15.6 Å². The van der Waals surface area contributed by atoms with Gasteiger partial charge in [0.15, 0.2) is 8.32 Å². The Bertz CT molecular complexity index is 738. The Hall–Kier alpha value is -1.49. The maximum absolute atomic E-state index is 6.36. The topological polar surface area (TPSA) is 31.4 Å². The van der Waals surface area contributed by atoms with Crippen LogP contribution >= 0.6 is 0 Å². The Morgan fingerprint density at radius 2 is 2.00 bits per heavy atom. The zero-order valence-corrected chi connectivity index (χ0v) is 17.7. The molecule has 4 heteroatoms. The van der Waals surface area contributed by atoms with E-state index in [-0.39, 0.29) is 11.1 Å². The molecule has 1 aliphatic heterocycles. The summed E-state index contributed by atoms with van der Waals surface area (Å²) in [6, 6.07) is 10.8. The van der Waals surface area contributed by atoms with Gasteiger partial charge in [-0.1, -0.05) is 45.0 Å². The van der Waals surface area contributed by atoms with Gasteiger partial charge in [-0.25, -0.2) is 0 Å². The van der Waals surface area contributed by atoms with E-state index in [2.05, 4.69) is 63.1 Å². The molecule has 0 saturated carbocycles. The Balaban J connectivity index is 1.70. The Labute approximate surface area is 158 Å². The summed E-state index contributed by atoms with van der Waals surface area (Å²) in [4.78, 5) is 4.23. The van der Waals surface area contributed by atoms with Gasteiger partial charge in [0, 0.05) is 19.0 Å². The second-order valence-electron chi connectivity index (χ2n) is 8.66. The molecule has 0 amide bonds. The SMILES string of the molecule is CC(C)(C)[Si](C)(C)OCC[C@@H]1OCCc2cc(-c3cccnc3)ccc21. The van der Waals surface area contributed by atoms with Gasteiger partial charge in [0.1, 0.15) is 0 Å². The summed E-state index contributed by atoms with van der Waals surface area (Å²) in [5.74, 6) is 0. The molecule has 1 aromatic carbocycles. The highest BCUT2D eigenvalue weighted by Crippen LogP contribution is 2.38. The maximum Gasteiger partial charge on any atom is 0.191 e. The monoisotopic (exact) mass is 369 g/mol. The quantitative estimate of drug-likeness (QED) is 0.627. The first-order valence-corrected chi connectivity index (χ1v) is 12.5. The summed E-state index contributed by atoms with van der Waals surface area (Å²) in [6.45, 7) is 13.0. The summed E-state index contributed by atoms with van der Waals surface area (Å²) in [7, 11) is -1.70. The van der Waals surface area contributed by atoms with E-state index in [0.29, 0.717) is 0 Å². The molecule has 140 valence electrons. The number of ether oxygens (including phenoxy) is 1. The zero-order chi connectivity index (χ0) is 18.8. The fourth-order valence-corrected chi connectivity index (χ4v) is 4.19. The molecule has 26 heavy (non-hydrogen) atoms. The van der Waals surface area contributed by atoms with Crippen molar-refractivity contribution in [2.24, 2.45) is 0 Å². The van der Waals surface area contributed by atoms with Crippen LogP contribution in [0.3, 0.4) is 0 Å². The molecule has 0 radical (unpaired) electrons. The Morgan fingerprint density at radius 3 is 2.69 bits per heavy atom. The van der Waals surface area contributed by atoms with Crippen LogP contribution in [0, 0.1) is 0 Å². The lowest BCUT2D eigenvalue weighted by atomic mass is 9.92. The molecule has 3 nitrogen and oxygen atoms in total. The van der Waals surface area contributed by atoms with Crippen LogP contribution in [0.1, 0.15) is 44.4 Å². The van der Waals surface area contributed by atoms with Gasteiger partial charge in [0.05, 0.1) is 12.7 Å². The average molecular weight is 370 g/mol. The van der Waals surface area contributed by atoms with Crippen molar-refractivity contribution in [3.8, 4) is 11.1 Å². The smallest absolute Gasteiger partial charge is 0.191 e. The fraction of sp³-hybridized carbons (Fsp3) is 0.500. The van der Waals surface area contributed by atoms with Gasteiger partial charge in [0.25, 0.3) is 0 Å². The average Bonchev–Trinajstić information content (AvgIpc) is 2.61. The van der Waals surface area contributed by atoms with Crippen molar-refractivity contribution in [3.63, 3.8) is 0 Å². The molecule has 0 aliphatic carbocycles. The van der Waals surface area contributed by atoms with E-state index in [4.69, 9.17) is 9.16 Å². The number of pyridine rings is 1. The number of rotatable bonds is 5. The van der Waals surface area contributed by atoms with Gasteiger partial charge in [-0.3, -0.25) is 4.98 Å². The van der Waals surface area contributed by atoms with Crippen molar-refractivity contribution in [3.05, 3.63) is 53.9 Å². The van der Waals surface area contributed by atoms with Crippen molar-refractivity contribution >= 4 is 8.32 Å². The van der Waals surface area contributed by atoms with Crippen molar-refractivity contribution in [1.29, 1.82) is 0 Å². The zero-order valence-electron chi connectivity index (χ0n) is 16.7. The fourth-order valence-electron chi connectivity index (χ4n) is 3.13.